The number of phenols is 1. The number of anilines is 1. The molecule has 2 heterocycles. The Kier molecular flexibility index (Phi) is 3.67. The maximum Gasteiger partial charge on any atom is 0.261 e. The lowest BCUT2D eigenvalue weighted by Gasteiger charge is -2.13. The van der Waals surface area contributed by atoms with E-state index in [1.54, 1.807) is 10.6 Å². The first-order valence-corrected chi connectivity index (χ1v) is 8.28. The van der Waals surface area contributed by atoms with Gasteiger partial charge in [-0.2, -0.15) is 0 Å². The van der Waals surface area contributed by atoms with E-state index in [9.17, 15) is 14.3 Å². The molecule has 0 saturated carbocycles. The highest BCUT2D eigenvalue weighted by Crippen LogP contribution is 2.24. The molecule has 4 rings (SSSR count). The van der Waals surface area contributed by atoms with Gasteiger partial charge in [0.25, 0.3) is 5.56 Å². The third kappa shape index (κ3) is 2.73. The predicted octanol–water partition coefficient (Wildman–Crippen LogP) is 3.11. The van der Waals surface area contributed by atoms with Crippen LogP contribution in [0.15, 0.2) is 35.1 Å². The lowest BCUT2D eigenvalue weighted by molar-refractivity contribution is 0.466. The van der Waals surface area contributed by atoms with Crippen LogP contribution in [0.3, 0.4) is 0 Å². The minimum absolute atomic E-state index is 0.0193. The highest BCUT2D eigenvalue weighted by atomic mass is 19.1. The highest BCUT2D eigenvalue weighted by molar-refractivity contribution is 5.83. The summed E-state index contributed by atoms with van der Waals surface area (Å²) in [7, 11) is 0. The van der Waals surface area contributed by atoms with E-state index >= 15 is 0 Å². The molecular weight excluding hydrogens is 321 g/mol. The van der Waals surface area contributed by atoms with Crippen LogP contribution in [0.5, 0.6) is 5.75 Å². The van der Waals surface area contributed by atoms with Gasteiger partial charge in [0, 0.05) is 30.8 Å². The molecule has 0 atom stereocenters. The van der Waals surface area contributed by atoms with Crippen LogP contribution >= 0.6 is 0 Å². The van der Waals surface area contributed by atoms with Crippen molar-refractivity contribution in [1.29, 1.82) is 0 Å². The standard InChI is InChI=1S/C19H18FN3O2/c1-11-7-16-14(19(25)23-6-2-3-18(23)22-16)9-15(11)21-10-12-8-13(20)4-5-17(12)24/h4-5,7-9,21,24H,2-3,6,10H2,1H3. The number of halogens is 1. The van der Waals surface area contributed by atoms with Gasteiger partial charge in [-0.25, -0.2) is 9.37 Å². The van der Waals surface area contributed by atoms with Crippen LogP contribution in [0.2, 0.25) is 0 Å². The predicted molar refractivity (Wildman–Crippen MR) is 94.5 cm³/mol. The summed E-state index contributed by atoms with van der Waals surface area (Å²) in [5, 5.41) is 13.6. The maximum absolute atomic E-state index is 13.3. The molecule has 0 unspecified atom stereocenters. The largest absolute Gasteiger partial charge is 0.508 e. The maximum atomic E-state index is 13.3. The van der Waals surface area contributed by atoms with Crippen molar-refractivity contribution in [3.05, 3.63) is 63.5 Å². The van der Waals surface area contributed by atoms with Crippen molar-refractivity contribution in [3.8, 4) is 5.75 Å². The van der Waals surface area contributed by atoms with E-state index in [-0.39, 0.29) is 17.9 Å². The fourth-order valence-corrected chi connectivity index (χ4v) is 3.31. The minimum Gasteiger partial charge on any atom is -0.508 e. The Balaban J connectivity index is 1.71. The number of aromatic nitrogens is 2. The summed E-state index contributed by atoms with van der Waals surface area (Å²) in [6.07, 6.45) is 1.78. The van der Waals surface area contributed by atoms with Gasteiger partial charge in [0.15, 0.2) is 0 Å². The fraction of sp³-hybridized carbons (Fsp3) is 0.263. The van der Waals surface area contributed by atoms with E-state index < -0.39 is 5.82 Å². The van der Waals surface area contributed by atoms with Crippen LogP contribution in [0, 0.1) is 12.7 Å². The van der Waals surface area contributed by atoms with E-state index in [4.69, 9.17) is 0 Å². The van der Waals surface area contributed by atoms with Gasteiger partial charge in [-0.05, 0) is 49.2 Å². The molecule has 0 spiro atoms. The molecule has 0 aliphatic carbocycles. The lowest BCUT2D eigenvalue weighted by Crippen LogP contribution is -2.21. The van der Waals surface area contributed by atoms with E-state index in [0.29, 0.717) is 23.0 Å². The molecular formula is C19H18FN3O2. The van der Waals surface area contributed by atoms with Gasteiger partial charge >= 0.3 is 0 Å². The number of nitrogens with zero attached hydrogens (tertiary/aromatic N) is 2. The molecule has 1 aliphatic heterocycles. The summed E-state index contributed by atoms with van der Waals surface area (Å²) in [6.45, 7) is 2.90. The average Bonchev–Trinajstić information content (AvgIpc) is 3.05. The van der Waals surface area contributed by atoms with Crippen molar-refractivity contribution in [2.45, 2.75) is 32.9 Å². The Morgan fingerprint density at radius 2 is 2.16 bits per heavy atom. The Bertz CT molecular complexity index is 1040. The molecule has 0 radical (unpaired) electrons. The summed E-state index contributed by atoms with van der Waals surface area (Å²) >= 11 is 0. The second-order valence-electron chi connectivity index (χ2n) is 6.40. The van der Waals surface area contributed by atoms with Crippen molar-refractivity contribution in [1.82, 2.24) is 9.55 Å². The summed E-state index contributed by atoms with van der Waals surface area (Å²) in [5.74, 6) is 0.483. The molecule has 3 aromatic rings. The van der Waals surface area contributed by atoms with Gasteiger partial charge < -0.3 is 10.4 Å². The first-order chi connectivity index (χ1) is 12.0. The molecule has 128 valence electrons. The van der Waals surface area contributed by atoms with Crippen molar-refractivity contribution in [3.63, 3.8) is 0 Å². The zero-order chi connectivity index (χ0) is 17.6. The number of aromatic hydroxyl groups is 1. The molecule has 0 bridgehead atoms. The van der Waals surface area contributed by atoms with E-state index in [2.05, 4.69) is 10.3 Å². The fourth-order valence-electron chi connectivity index (χ4n) is 3.31. The number of phenolic OH excluding ortho intramolecular Hbond substituents is 1. The minimum atomic E-state index is -0.400. The Morgan fingerprint density at radius 1 is 1.32 bits per heavy atom. The number of benzene rings is 2. The van der Waals surface area contributed by atoms with E-state index in [1.165, 1.54) is 18.2 Å². The molecule has 0 fully saturated rings. The SMILES string of the molecule is Cc1cc2nc3n(c(=O)c2cc1NCc1cc(F)ccc1O)CCC3. The molecule has 2 aromatic carbocycles. The Morgan fingerprint density at radius 3 is 3.00 bits per heavy atom. The molecule has 1 aromatic heterocycles. The topological polar surface area (TPSA) is 67.2 Å². The number of hydrogen-bond donors (Lipinski definition) is 2. The molecule has 0 amide bonds. The molecule has 2 N–H and O–H groups in total. The monoisotopic (exact) mass is 339 g/mol. The van der Waals surface area contributed by atoms with Crippen molar-refractivity contribution in [2.75, 3.05) is 5.32 Å². The van der Waals surface area contributed by atoms with Crippen molar-refractivity contribution < 1.29 is 9.50 Å². The smallest absolute Gasteiger partial charge is 0.261 e. The van der Waals surface area contributed by atoms with Gasteiger partial charge in [-0.1, -0.05) is 0 Å². The van der Waals surface area contributed by atoms with Crippen LogP contribution in [-0.2, 0) is 19.5 Å². The lowest BCUT2D eigenvalue weighted by atomic mass is 10.1. The zero-order valence-corrected chi connectivity index (χ0v) is 13.8. The average molecular weight is 339 g/mol. The van der Waals surface area contributed by atoms with Crippen molar-refractivity contribution >= 4 is 16.6 Å². The summed E-state index contributed by atoms with van der Waals surface area (Å²) in [6, 6.07) is 7.53. The van der Waals surface area contributed by atoms with E-state index in [1.807, 2.05) is 13.0 Å². The third-order valence-electron chi connectivity index (χ3n) is 4.67. The van der Waals surface area contributed by atoms with Crippen LogP contribution < -0.4 is 10.9 Å². The molecule has 1 aliphatic rings. The number of aryl methyl sites for hydroxylation is 2. The normalized spacial score (nSPS) is 13.2. The highest BCUT2D eigenvalue weighted by Gasteiger charge is 2.17. The van der Waals surface area contributed by atoms with Crippen LogP contribution in [0.25, 0.3) is 10.9 Å². The molecule has 5 nitrogen and oxygen atoms in total. The number of hydrogen-bond acceptors (Lipinski definition) is 4. The first kappa shape index (κ1) is 15.6. The molecule has 25 heavy (non-hydrogen) atoms. The second-order valence-corrected chi connectivity index (χ2v) is 6.40. The van der Waals surface area contributed by atoms with Gasteiger partial charge in [0.1, 0.15) is 17.4 Å². The Hall–Kier alpha value is -2.89. The summed E-state index contributed by atoms with van der Waals surface area (Å²) in [5.41, 5.74) is 2.86. The third-order valence-corrected chi connectivity index (χ3v) is 4.67. The number of nitrogens with one attached hydrogen (secondary N) is 1. The van der Waals surface area contributed by atoms with E-state index in [0.717, 1.165) is 29.9 Å². The van der Waals surface area contributed by atoms with Crippen LogP contribution in [0.4, 0.5) is 10.1 Å². The van der Waals surface area contributed by atoms with Gasteiger partial charge in [0.05, 0.1) is 10.9 Å². The van der Waals surface area contributed by atoms with Crippen LogP contribution in [0.1, 0.15) is 23.4 Å². The molecule has 6 heteroatoms. The summed E-state index contributed by atoms with van der Waals surface area (Å²) in [4.78, 5) is 17.3. The first-order valence-electron chi connectivity index (χ1n) is 8.28. The van der Waals surface area contributed by atoms with Gasteiger partial charge in [-0.15, -0.1) is 0 Å². The molecule has 0 saturated heterocycles. The number of fused-ring (bicyclic) bond motifs is 2. The Labute approximate surface area is 143 Å². The number of rotatable bonds is 3. The second kappa shape index (κ2) is 5.88. The summed E-state index contributed by atoms with van der Waals surface area (Å²) < 4.78 is 15.1. The van der Waals surface area contributed by atoms with Gasteiger partial charge in [0.2, 0.25) is 0 Å². The van der Waals surface area contributed by atoms with Gasteiger partial charge in [-0.3, -0.25) is 9.36 Å². The zero-order valence-electron chi connectivity index (χ0n) is 13.8. The quantitative estimate of drug-likeness (QED) is 0.769. The van der Waals surface area contributed by atoms with Crippen LogP contribution in [-0.4, -0.2) is 14.7 Å². The van der Waals surface area contributed by atoms with Crippen molar-refractivity contribution in [2.24, 2.45) is 0 Å².